The molecule has 180 valence electrons. The zero-order chi connectivity index (χ0) is 26.4. The van der Waals surface area contributed by atoms with Crippen molar-refractivity contribution in [2.75, 3.05) is 0 Å². The fourth-order valence-corrected chi connectivity index (χ4v) is 2.24. The van der Waals surface area contributed by atoms with Gasteiger partial charge in [-0.25, -0.2) is 12.2 Å². The third-order valence-electron chi connectivity index (χ3n) is 4.39. The summed E-state index contributed by atoms with van der Waals surface area (Å²) in [6, 6.07) is 19.3. The summed E-state index contributed by atoms with van der Waals surface area (Å²) in [5, 5.41) is 21.9. The maximum Gasteiger partial charge on any atom is -0.0771 e. The molecule has 0 atom stereocenters. The van der Waals surface area contributed by atoms with Crippen LogP contribution in [0.25, 0.3) is 21.5 Å². The van der Waals surface area contributed by atoms with Crippen LogP contribution in [-0.2, 0) is 29.6 Å². The molecule has 0 aliphatic heterocycles. The minimum atomic E-state index is -0.757. The van der Waals surface area contributed by atoms with Crippen LogP contribution in [0.3, 0.4) is 0 Å². The molecular formula is C29H36O4Ti. The average molecular weight is 496 g/mol. The van der Waals surface area contributed by atoms with Crippen molar-refractivity contribution >= 4 is 38.3 Å². The number of carbonyl (C=O) groups is 2. The minimum absolute atomic E-state index is 0.583. The molecule has 0 unspecified atom stereocenters. The standard InChI is InChI=1S/C13H9.2C5H10O2.C5H5.CH2.Ti/c1-3-7-12-10(5-1)9-11-6-2-4-8-13(11)12;2*1-5(2,3)4(6)7;1-2-4-5-3-1;;/h1-9H;2*1-3H3,(H,6,7);1-3H,4H2;1H2;/q-1;;;-1;;+2. The van der Waals surface area contributed by atoms with E-state index in [4.69, 9.17) is 10.2 Å². The summed E-state index contributed by atoms with van der Waals surface area (Å²) in [5.41, 5.74) is -1.17. The van der Waals surface area contributed by atoms with Gasteiger partial charge < -0.3 is 10.2 Å². The van der Waals surface area contributed by atoms with Gasteiger partial charge in [-0.3, -0.25) is 15.7 Å². The Morgan fingerprint density at radius 2 is 1.18 bits per heavy atom. The molecule has 0 saturated heterocycles. The largest absolute Gasteiger partial charge is 0.126 e. The predicted octanol–water partition coefficient (Wildman–Crippen LogP) is 7.22. The third kappa shape index (κ3) is 12.0. The smallest absolute Gasteiger partial charge is 0.0771 e. The Hall–Kier alpha value is -2.69. The van der Waals surface area contributed by atoms with Crippen molar-refractivity contribution in [2.24, 2.45) is 10.8 Å². The number of carboxylic acid groups (broad SMARTS) is 2. The van der Waals surface area contributed by atoms with Gasteiger partial charge in [0.2, 0.25) is 0 Å². The summed E-state index contributed by atoms with van der Waals surface area (Å²) in [4.78, 5) is 23.3. The number of fused-ring (bicyclic) bond motifs is 3. The predicted molar refractivity (Wildman–Crippen MR) is 140 cm³/mol. The van der Waals surface area contributed by atoms with Crippen LogP contribution < -0.4 is 0 Å². The third-order valence-corrected chi connectivity index (χ3v) is 4.39. The molecule has 0 saturated carbocycles. The van der Waals surface area contributed by atoms with Crippen LogP contribution in [0.1, 0.15) is 48.0 Å². The minimum Gasteiger partial charge on any atom is -0.126 e. The molecule has 0 heterocycles. The monoisotopic (exact) mass is 496 g/mol. The van der Waals surface area contributed by atoms with Gasteiger partial charge in [0.05, 0.1) is 10.8 Å². The zero-order valence-electron chi connectivity index (χ0n) is 21.1. The van der Waals surface area contributed by atoms with Gasteiger partial charge >= 0.3 is 36.7 Å². The Labute approximate surface area is 215 Å². The summed E-state index contributed by atoms with van der Waals surface area (Å²) in [7, 11) is 0. The second kappa shape index (κ2) is 15.3. The number of rotatable bonds is 0. The summed E-state index contributed by atoms with van der Waals surface area (Å²) in [6.45, 7) is 9.97. The molecule has 4 rings (SSSR count). The van der Waals surface area contributed by atoms with Crippen LogP contribution in [0, 0.1) is 16.9 Å². The van der Waals surface area contributed by atoms with Crippen LogP contribution in [-0.4, -0.2) is 27.0 Å². The van der Waals surface area contributed by atoms with Crippen molar-refractivity contribution in [3.05, 3.63) is 78.9 Å². The van der Waals surface area contributed by atoms with E-state index in [-0.39, 0.29) is 0 Å². The molecule has 0 amide bonds. The maximum atomic E-state index is 10.0. The number of allylic oxidation sites excluding steroid dienone is 4. The molecule has 3 aromatic carbocycles. The van der Waals surface area contributed by atoms with Crippen molar-refractivity contribution in [3.8, 4) is 0 Å². The van der Waals surface area contributed by atoms with E-state index in [0.29, 0.717) is 0 Å². The van der Waals surface area contributed by atoms with E-state index in [1.54, 1.807) is 61.5 Å². The molecule has 0 spiro atoms. The fourth-order valence-electron chi connectivity index (χ4n) is 2.24. The van der Waals surface area contributed by atoms with Gasteiger partial charge in [0.15, 0.2) is 0 Å². The van der Waals surface area contributed by atoms with Crippen molar-refractivity contribution < 1.29 is 39.8 Å². The van der Waals surface area contributed by atoms with Gasteiger partial charge in [0.1, 0.15) is 0 Å². The van der Waals surface area contributed by atoms with E-state index < -0.39 is 22.8 Å². The van der Waals surface area contributed by atoms with Gasteiger partial charge in [-0.1, -0.05) is 36.4 Å². The zero-order valence-corrected chi connectivity index (χ0v) is 22.6. The van der Waals surface area contributed by atoms with Crippen molar-refractivity contribution in [1.29, 1.82) is 0 Å². The molecule has 34 heavy (non-hydrogen) atoms. The van der Waals surface area contributed by atoms with E-state index in [2.05, 4.69) is 71.6 Å². The van der Waals surface area contributed by atoms with Crippen LogP contribution in [0.2, 0.25) is 0 Å². The van der Waals surface area contributed by atoms with Gasteiger partial charge in [0, 0.05) is 0 Å². The summed E-state index contributed by atoms with van der Waals surface area (Å²) in [5.74, 6) is -1.51. The summed E-state index contributed by atoms with van der Waals surface area (Å²) >= 11 is 1.75. The average Bonchev–Trinajstić information content (AvgIpc) is 3.46. The van der Waals surface area contributed by atoms with Crippen molar-refractivity contribution in [2.45, 2.75) is 48.0 Å². The van der Waals surface area contributed by atoms with Crippen molar-refractivity contribution in [3.63, 3.8) is 0 Å². The molecule has 0 fully saturated rings. The van der Waals surface area contributed by atoms with Gasteiger partial charge in [0.25, 0.3) is 0 Å². The topological polar surface area (TPSA) is 74.6 Å². The van der Waals surface area contributed by atoms with Crippen LogP contribution in [0.4, 0.5) is 0 Å². The first kappa shape index (κ1) is 31.3. The molecular weight excluding hydrogens is 460 g/mol. The molecule has 4 nitrogen and oxygen atoms in total. The number of aliphatic carboxylic acids is 2. The van der Waals surface area contributed by atoms with Crippen LogP contribution in [0.15, 0.2) is 72.8 Å². The van der Waals surface area contributed by atoms with E-state index in [9.17, 15) is 9.59 Å². The molecule has 0 bridgehead atoms. The summed E-state index contributed by atoms with van der Waals surface area (Å²) < 4.78 is 0. The first-order valence-electron chi connectivity index (χ1n) is 10.9. The van der Waals surface area contributed by atoms with E-state index >= 15 is 0 Å². The number of hydrogen-bond donors (Lipinski definition) is 2. The Bertz CT molecular complexity index is 1010. The van der Waals surface area contributed by atoms with Gasteiger partial charge in [-0.05, 0) is 41.5 Å². The SMILES string of the molecule is CC(C)(C)C(=O)O.CC(C)(C)C(=O)O.[C-]1=CC=CC1.[CH2]=[Ti+2].c1ccc2c(c1)[cH-]c1ccccc12. The second-order valence-corrected chi connectivity index (χ2v) is 9.43. The molecule has 0 aromatic heterocycles. The number of hydrogen-bond acceptors (Lipinski definition) is 2. The first-order chi connectivity index (χ1) is 15.8. The second-order valence-electron chi connectivity index (χ2n) is 9.43. The molecule has 2 N–H and O–H groups in total. The van der Waals surface area contributed by atoms with Crippen LogP contribution in [0.5, 0.6) is 0 Å². The van der Waals surface area contributed by atoms with Gasteiger partial charge in [-0.15, -0.1) is 46.2 Å². The molecule has 1 aliphatic rings. The molecule has 5 heteroatoms. The first-order valence-corrected chi connectivity index (χ1v) is 12.0. The Kier molecular flexibility index (Phi) is 14.1. The molecule has 3 aromatic rings. The summed E-state index contributed by atoms with van der Waals surface area (Å²) in [6.07, 6.45) is 10.0. The van der Waals surface area contributed by atoms with Gasteiger partial charge in [-0.2, -0.15) is 6.08 Å². The number of carboxylic acids is 2. The van der Waals surface area contributed by atoms with Crippen LogP contribution >= 0.6 is 0 Å². The Morgan fingerprint density at radius 1 is 0.824 bits per heavy atom. The molecule has 0 radical (unpaired) electrons. The van der Waals surface area contributed by atoms with Crippen molar-refractivity contribution in [1.82, 2.24) is 0 Å². The number of benzene rings is 2. The Morgan fingerprint density at radius 3 is 1.41 bits per heavy atom. The normalized spacial score (nSPS) is 11.6. The van der Waals surface area contributed by atoms with E-state index in [1.165, 1.54) is 21.5 Å². The maximum absolute atomic E-state index is 10.0. The fraction of sp³-hybridized carbons (Fsp3) is 0.310. The van der Waals surface area contributed by atoms with E-state index in [1.807, 2.05) is 12.2 Å². The van der Waals surface area contributed by atoms with E-state index in [0.717, 1.165) is 6.42 Å². The quantitative estimate of drug-likeness (QED) is 0.255. The Balaban J connectivity index is 0.000000450. The molecule has 1 aliphatic carbocycles.